The average molecular weight is 487 g/mol. The fourth-order valence-electron chi connectivity index (χ4n) is 2.66. The van der Waals surface area contributed by atoms with E-state index in [1.807, 2.05) is 12.1 Å². The van der Waals surface area contributed by atoms with Crippen molar-refractivity contribution in [1.82, 2.24) is 10.6 Å². The quantitative estimate of drug-likeness (QED) is 0.318. The number of nitrogens with one attached hydrogen (secondary N) is 2. The highest BCUT2D eigenvalue weighted by atomic mass is 127. The van der Waals surface area contributed by atoms with Crippen LogP contribution in [0, 0.1) is 0 Å². The summed E-state index contributed by atoms with van der Waals surface area (Å²) in [5, 5.41) is 8.91. The lowest BCUT2D eigenvalue weighted by atomic mass is 10.0. The summed E-state index contributed by atoms with van der Waals surface area (Å²) in [4.78, 5) is 6.12. The van der Waals surface area contributed by atoms with Crippen molar-refractivity contribution >= 4 is 41.3 Å². The van der Waals surface area contributed by atoms with Gasteiger partial charge < -0.3 is 15.4 Å². The first kappa shape index (κ1) is 22.8. The maximum absolute atomic E-state index is 5.47. The molecule has 0 saturated heterocycles. The van der Waals surface area contributed by atoms with Crippen molar-refractivity contribution in [2.75, 3.05) is 26.7 Å². The molecular weight excluding hydrogens is 457 g/mol. The van der Waals surface area contributed by atoms with Crippen molar-refractivity contribution in [2.45, 2.75) is 32.6 Å². The average Bonchev–Trinajstić information content (AvgIpc) is 3.18. The Kier molecular flexibility index (Phi) is 10.7. The number of hydrogen-bond donors (Lipinski definition) is 2. The molecule has 0 radical (unpaired) electrons. The zero-order valence-corrected chi connectivity index (χ0v) is 19.1. The third-order valence-electron chi connectivity index (χ3n) is 4.14. The number of rotatable bonds is 8. The van der Waals surface area contributed by atoms with Gasteiger partial charge in [-0.05, 0) is 30.0 Å². The Morgan fingerprint density at radius 1 is 1.12 bits per heavy atom. The van der Waals surface area contributed by atoms with E-state index >= 15 is 0 Å². The van der Waals surface area contributed by atoms with Gasteiger partial charge in [0.2, 0.25) is 0 Å². The second kappa shape index (κ2) is 12.2. The van der Waals surface area contributed by atoms with E-state index in [2.05, 4.69) is 61.1 Å². The summed E-state index contributed by atoms with van der Waals surface area (Å²) in [5.74, 6) is 2.56. The molecule has 0 saturated carbocycles. The molecule has 2 unspecified atom stereocenters. The van der Waals surface area contributed by atoms with Gasteiger partial charge in [-0.1, -0.05) is 38.1 Å². The smallest absolute Gasteiger partial charge is 0.191 e. The molecule has 0 bridgehead atoms. The number of benzene rings is 1. The molecule has 2 N–H and O–H groups in total. The van der Waals surface area contributed by atoms with Crippen LogP contribution in [0.3, 0.4) is 0 Å². The van der Waals surface area contributed by atoms with Gasteiger partial charge >= 0.3 is 0 Å². The Morgan fingerprint density at radius 3 is 2.54 bits per heavy atom. The van der Waals surface area contributed by atoms with Crippen molar-refractivity contribution in [1.29, 1.82) is 0 Å². The number of ether oxygens (including phenoxy) is 1. The number of thiophene rings is 1. The number of aliphatic imine (C=N–C) groups is 1. The van der Waals surface area contributed by atoms with E-state index in [-0.39, 0.29) is 24.0 Å². The Bertz CT molecular complexity index is 661. The molecule has 0 aliphatic heterocycles. The fraction of sp³-hybridized carbons (Fsp3) is 0.450. The lowest BCUT2D eigenvalue weighted by Crippen LogP contribution is -2.39. The zero-order valence-electron chi connectivity index (χ0n) is 16.0. The first-order valence-corrected chi connectivity index (χ1v) is 9.72. The van der Waals surface area contributed by atoms with Crippen LogP contribution in [0.15, 0.2) is 46.8 Å². The van der Waals surface area contributed by atoms with Gasteiger partial charge in [-0.3, -0.25) is 4.99 Å². The maximum atomic E-state index is 5.47. The molecule has 0 amide bonds. The molecule has 4 nitrogen and oxygen atoms in total. The van der Waals surface area contributed by atoms with E-state index in [9.17, 15) is 0 Å². The molecular formula is C20H30IN3OS. The minimum absolute atomic E-state index is 0. The molecule has 0 aliphatic carbocycles. The predicted molar refractivity (Wildman–Crippen MR) is 124 cm³/mol. The van der Waals surface area contributed by atoms with Gasteiger partial charge in [0.25, 0.3) is 0 Å². The van der Waals surface area contributed by atoms with Gasteiger partial charge in [0.05, 0.1) is 13.7 Å². The molecule has 6 heteroatoms. The lowest BCUT2D eigenvalue weighted by molar-refractivity contribution is 0.406. The third-order valence-corrected chi connectivity index (χ3v) is 5.25. The molecule has 26 heavy (non-hydrogen) atoms. The van der Waals surface area contributed by atoms with Gasteiger partial charge in [-0.2, -0.15) is 0 Å². The molecule has 1 heterocycles. The van der Waals surface area contributed by atoms with E-state index < -0.39 is 0 Å². The molecule has 1 aromatic carbocycles. The highest BCUT2D eigenvalue weighted by Gasteiger charge is 2.12. The van der Waals surface area contributed by atoms with Crippen LogP contribution in [-0.4, -0.2) is 32.7 Å². The van der Waals surface area contributed by atoms with Gasteiger partial charge in [0, 0.05) is 29.8 Å². The van der Waals surface area contributed by atoms with Crippen LogP contribution in [0.4, 0.5) is 0 Å². The van der Waals surface area contributed by atoms with Crippen LogP contribution in [0.5, 0.6) is 5.75 Å². The molecule has 2 atom stereocenters. The van der Waals surface area contributed by atoms with E-state index in [0.717, 1.165) is 31.3 Å². The van der Waals surface area contributed by atoms with Crippen LogP contribution < -0.4 is 15.4 Å². The Balaban J connectivity index is 0.00000338. The van der Waals surface area contributed by atoms with Gasteiger partial charge in [-0.25, -0.2) is 0 Å². The molecule has 0 spiro atoms. The summed E-state index contributed by atoms with van der Waals surface area (Å²) < 4.78 is 5.47. The molecule has 144 valence electrons. The number of hydrogen-bond acceptors (Lipinski definition) is 3. The summed E-state index contributed by atoms with van der Waals surface area (Å²) in [6.07, 6.45) is 0. The Labute approximate surface area is 178 Å². The van der Waals surface area contributed by atoms with Gasteiger partial charge in [0.1, 0.15) is 5.75 Å². The Morgan fingerprint density at radius 2 is 1.88 bits per heavy atom. The summed E-state index contributed by atoms with van der Waals surface area (Å²) >= 11 is 1.79. The lowest BCUT2D eigenvalue weighted by Gasteiger charge is -2.18. The highest BCUT2D eigenvalue weighted by Crippen LogP contribution is 2.25. The van der Waals surface area contributed by atoms with Crippen LogP contribution in [0.1, 0.15) is 43.0 Å². The first-order valence-electron chi connectivity index (χ1n) is 8.84. The first-order chi connectivity index (χ1) is 12.2. The summed E-state index contributed by atoms with van der Waals surface area (Å²) in [6, 6.07) is 12.5. The van der Waals surface area contributed by atoms with Gasteiger partial charge in [-0.15, -0.1) is 35.3 Å². The van der Waals surface area contributed by atoms with Crippen LogP contribution in [0.25, 0.3) is 0 Å². The number of para-hydroxylation sites is 1. The largest absolute Gasteiger partial charge is 0.496 e. The third kappa shape index (κ3) is 6.79. The van der Waals surface area contributed by atoms with E-state index in [1.54, 1.807) is 18.4 Å². The summed E-state index contributed by atoms with van der Waals surface area (Å²) in [6.45, 7) is 8.93. The number of guanidine groups is 1. The van der Waals surface area contributed by atoms with Crippen molar-refractivity contribution < 1.29 is 4.74 Å². The fourth-order valence-corrected chi connectivity index (χ4v) is 3.44. The standard InChI is InChI=1S/C20H29N3OS.HI/c1-5-21-20(23-14-16(3)19-11-8-12-25-19)22-13-15(2)17-9-6-7-10-18(17)24-4;/h6-12,15-16H,5,13-14H2,1-4H3,(H2,21,22,23);1H. The monoisotopic (exact) mass is 487 g/mol. The molecule has 0 aliphatic rings. The molecule has 2 rings (SSSR count). The normalized spacial score (nSPS) is 13.5. The molecule has 2 aromatic rings. The van der Waals surface area contributed by atoms with E-state index in [0.29, 0.717) is 11.8 Å². The number of methoxy groups -OCH3 is 1. The zero-order chi connectivity index (χ0) is 18.1. The van der Waals surface area contributed by atoms with Gasteiger partial charge in [0.15, 0.2) is 5.96 Å². The Hall–Kier alpha value is -1.28. The number of nitrogens with zero attached hydrogens (tertiary/aromatic N) is 1. The maximum Gasteiger partial charge on any atom is 0.191 e. The number of halogens is 1. The van der Waals surface area contributed by atoms with Crippen LogP contribution in [-0.2, 0) is 0 Å². The van der Waals surface area contributed by atoms with Crippen molar-refractivity contribution in [2.24, 2.45) is 4.99 Å². The summed E-state index contributed by atoms with van der Waals surface area (Å²) in [5.41, 5.74) is 1.21. The second-order valence-electron chi connectivity index (χ2n) is 6.16. The minimum Gasteiger partial charge on any atom is -0.496 e. The van der Waals surface area contributed by atoms with E-state index in [4.69, 9.17) is 9.73 Å². The van der Waals surface area contributed by atoms with Crippen molar-refractivity contribution in [3.63, 3.8) is 0 Å². The second-order valence-corrected chi connectivity index (χ2v) is 7.14. The van der Waals surface area contributed by atoms with Crippen molar-refractivity contribution in [3.8, 4) is 5.75 Å². The molecule has 1 aromatic heterocycles. The van der Waals surface area contributed by atoms with Crippen molar-refractivity contribution in [3.05, 3.63) is 52.2 Å². The van der Waals surface area contributed by atoms with Crippen LogP contribution >= 0.6 is 35.3 Å². The predicted octanol–water partition coefficient (Wildman–Crippen LogP) is 4.84. The van der Waals surface area contributed by atoms with E-state index in [1.165, 1.54) is 10.4 Å². The van der Waals surface area contributed by atoms with Crippen LogP contribution in [0.2, 0.25) is 0 Å². The highest BCUT2D eigenvalue weighted by molar-refractivity contribution is 14.0. The minimum atomic E-state index is 0. The summed E-state index contributed by atoms with van der Waals surface area (Å²) in [7, 11) is 1.72. The molecule has 0 fully saturated rings. The SMILES string of the molecule is CCNC(=NCC(C)c1cccs1)NCC(C)c1ccccc1OC.I. The topological polar surface area (TPSA) is 45.7 Å².